The number of aromatic nitrogens is 1. The van der Waals surface area contributed by atoms with Gasteiger partial charge in [0, 0.05) is 44.1 Å². The number of carbonyl (C=O) groups is 1. The van der Waals surface area contributed by atoms with Crippen molar-refractivity contribution in [1.82, 2.24) is 14.8 Å². The Bertz CT molecular complexity index is 837. The van der Waals surface area contributed by atoms with Crippen LogP contribution >= 0.6 is 0 Å². The number of amides is 1. The summed E-state index contributed by atoms with van der Waals surface area (Å²) in [5.74, 6) is 1.33. The van der Waals surface area contributed by atoms with E-state index in [1.807, 2.05) is 31.9 Å². The molecule has 6 heteroatoms. The van der Waals surface area contributed by atoms with E-state index in [9.17, 15) is 4.79 Å². The number of piperidine rings is 1. The number of likely N-dealkylation sites (N-methyl/N-ethyl adjacent to an activating group) is 1. The Morgan fingerprint density at radius 2 is 2.00 bits per heavy atom. The maximum atomic E-state index is 12.4. The molecule has 6 nitrogen and oxygen atoms in total. The summed E-state index contributed by atoms with van der Waals surface area (Å²) in [6, 6.07) is 2.23. The van der Waals surface area contributed by atoms with E-state index in [0.717, 1.165) is 63.3 Å². The van der Waals surface area contributed by atoms with Gasteiger partial charge in [0.25, 0.3) is 0 Å². The Morgan fingerprint density at radius 1 is 1.27 bits per heavy atom. The van der Waals surface area contributed by atoms with E-state index >= 15 is 0 Å². The van der Waals surface area contributed by atoms with Crippen LogP contribution < -0.4 is 4.74 Å². The van der Waals surface area contributed by atoms with E-state index in [-0.39, 0.29) is 11.7 Å². The lowest BCUT2D eigenvalue weighted by Gasteiger charge is -2.40. The number of rotatable bonds is 2. The average molecular weight is 414 g/mol. The Kier molecular flexibility index (Phi) is 5.56. The standard InChI is InChI=1S/C24H35N3O3/c1-23(2,3)30-22(28)27-12-8-19(9-13-27)24(4)15-18-14-20(25-16-21(18)29-24)17-6-10-26(5)11-7-17/h6,14,16,19H,7-13,15H2,1-5H3/t24-/m1/s1. The van der Waals surface area contributed by atoms with Crippen molar-refractivity contribution in [1.29, 1.82) is 0 Å². The van der Waals surface area contributed by atoms with E-state index in [0.29, 0.717) is 5.92 Å². The normalized spacial score (nSPS) is 25.5. The molecule has 0 bridgehead atoms. The van der Waals surface area contributed by atoms with Gasteiger partial charge < -0.3 is 19.3 Å². The highest BCUT2D eigenvalue weighted by atomic mass is 16.6. The summed E-state index contributed by atoms with van der Waals surface area (Å²) in [4.78, 5) is 21.2. The second-order valence-corrected chi connectivity index (χ2v) is 10.3. The van der Waals surface area contributed by atoms with Gasteiger partial charge in [0.1, 0.15) is 17.0 Å². The van der Waals surface area contributed by atoms with Crippen molar-refractivity contribution in [2.75, 3.05) is 33.2 Å². The van der Waals surface area contributed by atoms with Crippen molar-refractivity contribution in [2.24, 2.45) is 5.92 Å². The minimum absolute atomic E-state index is 0.207. The molecule has 1 atom stereocenters. The highest BCUT2D eigenvalue weighted by Crippen LogP contribution is 2.43. The van der Waals surface area contributed by atoms with Gasteiger partial charge in [-0.2, -0.15) is 0 Å². The van der Waals surface area contributed by atoms with Gasteiger partial charge in [0.05, 0.1) is 11.9 Å². The van der Waals surface area contributed by atoms with Crippen LogP contribution in [0.25, 0.3) is 5.57 Å². The number of likely N-dealkylation sites (tertiary alicyclic amines) is 1. The van der Waals surface area contributed by atoms with Gasteiger partial charge in [-0.3, -0.25) is 4.98 Å². The summed E-state index contributed by atoms with van der Waals surface area (Å²) < 4.78 is 12.0. The van der Waals surface area contributed by atoms with Crippen LogP contribution in [0.15, 0.2) is 18.3 Å². The lowest BCUT2D eigenvalue weighted by atomic mass is 9.79. The summed E-state index contributed by atoms with van der Waals surface area (Å²) >= 11 is 0. The molecule has 30 heavy (non-hydrogen) atoms. The highest BCUT2D eigenvalue weighted by Gasteiger charge is 2.44. The summed E-state index contributed by atoms with van der Waals surface area (Å²) in [6.45, 7) is 11.4. The maximum Gasteiger partial charge on any atom is 0.410 e. The van der Waals surface area contributed by atoms with E-state index in [1.165, 1.54) is 11.1 Å². The van der Waals surface area contributed by atoms with Crippen molar-refractivity contribution in [3.8, 4) is 5.75 Å². The van der Waals surface area contributed by atoms with Crippen LogP contribution in [-0.2, 0) is 11.2 Å². The first kappa shape index (κ1) is 21.2. The summed E-state index contributed by atoms with van der Waals surface area (Å²) in [5, 5.41) is 0. The smallest absolute Gasteiger partial charge is 0.410 e. The Labute approximate surface area is 180 Å². The number of pyridine rings is 1. The van der Waals surface area contributed by atoms with Crippen LogP contribution in [0.5, 0.6) is 5.75 Å². The molecule has 0 aromatic carbocycles. The van der Waals surface area contributed by atoms with Crippen molar-refractivity contribution in [3.05, 3.63) is 29.6 Å². The Morgan fingerprint density at radius 3 is 2.63 bits per heavy atom. The van der Waals surface area contributed by atoms with Crippen LogP contribution in [0, 0.1) is 5.92 Å². The second kappa shape index (κ2) is 7.88. The minimum Gasteiger partial charge on any atom is -0.485 e. The molecule has 4 rings (SSSR count). The molecule has 0 N–H and O–H groups in total. The predicted molar refractivity (Wildman–Crippen MR) is 118 cm³/mol. The van der Waals surface area contributed by atoms with E-state index < -0.39 is 5.60 Å². The summed E-state index contributed by atoms with van der Waals surface area (Å²) in [7, 11) is 2.15. The van der Waals surface area contributed by atoms with Crippen molar-refractivity contribution in [3.63, 3.8) is 0 Å². The zero-order chi connectivity index (χ0) is 21.5. The number of hydrogen-bond acceptors (Lipinski definition) is 5. The molecule has 3 aliphatic rings. The summed E-state index contributed by atoms with van der Waals surface area (Å²) in [6.07, 6.45) is 7.81. The first-order chi connectivity index (χ1) is 14.1. The molecule has 0 saturated carbocycles. The van der Waals surface area contributed by atoms with Crippen LogP contribution in [0.1, 0.15) is 58.2 Å². The van der Waals surface area contributed by atoms with Gasteiger partial charge in [-0.05, 0) is 65.6 Å². The molecule has 1 aromatic heterocycles. The molecule has 0 spiro atoms. The van der Waals surface area contributed by atoms with Crippen LogP contribution in [0.4, 0.5) is 4.79 Å². The van der Waals surface area contributed by atoms with Crippen molar-refractivity contribution in [2.45, 2.75) is 64.6 Å². The van der Waals surface area contributed by atoms with Gasteiger partial charge in [0.2, 0.25) is 0 Å². The van der Waals surface area contributed by atoms with Gasteiger partial charge in [-0.25, -0.2) is 4.79 Å². The Hall–Kier alpha value is -2.08. The monoisotopic (exact) mass is 413 g/mol. The average Bonchev–Trinajstić information content (AvgIpc) is 3.04. The van der Waals surface area contributed by atoms with Gasteiger partial charge in [-0.1, -0.05) is 6.08 Å². The molecule has 1 saturated heterocycles. The van der Waals surface area contributed by atoms with Gasteiger partial charge >= 0.3 is 6.09 Å². The van der Waals surface area contributed by atoms with Crippen molar-refractivity contribution >= 4 is 11.7 Å². The fraction of sp³-hybridized carbons (Fsp3) is 0.667. The van der Waals surface area contributed by atoms with E-state index in [2.05, 4.69) is 31.0 Å². The highest BCUT2D eigenvalue weighted by molar-refractivity contribution is 5.68. The quantitative estimate of drug-likeness (QED) is 0.729. The van der Waals surface area contributed by atoms with Crippen LogP contribution in [0.3, 0.4) is 0 Å². The fourth-order valence-electron chi connectivity index (χ4n) is 4.79. The number of fused-ring (bicyclic) bond motifs is 1. The molecule has 1 aromatic rings. The maximum absolute atomic E-state index is 12.4. The van der Waals surface area contributed by atoms with Crippen molar-refractivity contribution < 1.29 is 14.3 Å². The second-order valence-electron chi connectivity index (χ2n) is 10.3. The predicted octanol–water partition coefficient (Wildman–Crippen LogP) is 4.14. The number of carbonyl (C=O) groups excluding carboxylic acids is 1. The molecule has 0 radical (unpaired) electrons. The molecular weight excluding hydrogens is 378 g/mol. The molecule has 1 amide bonds. The third-order valence-corrected chi connectivity index (χ3v) is 6.58. The largest absolute Gasteiger partial charge is 0.485 e. The molecule has 0 unspecified atom stereocenters. The first-order valence-electron chi connectivity index (χ1n) is 11.2. The molecule has 1 fully saturated rings. The molecule has 0 aliphatic carbocycles. The van der Waals surface area contributed by atoms with Crippen LogP contribution in [-0.4, -0.2) is 65.3 Å². The summed E-state index contributed by atoms with van der Waals surface area (Å²) in [5.41, 5.74) is 3.01. The third kappa shape index (κ3) is 4.48. The third-order valence-electron chi connectivity index (χ3n) is 6.58. The van der Waals surface area contributed by atoms with Crippen LogP contribution in [0.2, 0.25) is 0 Å². The lowest BCUT2D eigenvalue weighted by Crippen LogP contribution is -2.48. The zero-order valence-electron chi connectivity index (χ0n) is 19.0. The van der Waals surface area contributed by atoms with Gasteiger partial charge in [-0.15, -0.1) is 0 Å². The lowest BCUT2D eigenvalue weighted by molar-refractivity contribution is -0.00829. The number of nitrogens with zero attached hydrogens (tertiary/aromatic N) is 3. The first-order valence-corrected chi connectivity index (χ1v) is 11.2. The fourth-order valence-corrected chi connectivity index (χ4v) is 4.79. The minimum atomic E-state index is -0.454. The van der Waals surface area contributed by atoms with E-state index in [4.69, 9.17) is 14.5 Å². The number of hydrogen-bond donors (Lipinski definition) is 0. The van der Waals surface area contributed by atoms with E-state index in [1.54, 1.807) is 0 Å². The molecular formula is C24H35N3O3. The SMILES string of the molecule is CN1CC=C(c2cc3c(cn2)O[C@@](C)(C2CCN(C(=O)OC(C)(C)C)CC2)C3)CC1. The topological polar surface area (TPSA) is 54.9 Å². The Balaban J connectivity index is 1.39. The number of ether oxygens (including phenoxy) is 2. The van der Waals surface area contributed by atoms with Gasteiger partial charge in [0.15, 0.2) is 0 Å². The zero-order valence-corrected chi connectivity index (χ0v) is 19.0. The molecule has 4 heterocycles. The molecule has 3 aliphatic heterocycles. The molecule has 164 valence electrons.